The minimum absolute atomic E-state index is 0.00253. The van der Waals surface area contributed by atoms with Gasteiger partial charge in [0.2, 0.25) is 0 Å². The number of benzene rings is 1. The molecule has 4 aliphatic rings. The van der Waals surface area contributed by atoms with E-state index in [1.807, 2.05) is 13.8 Å². The number of hydrogen-bond donors (Lipinski definition) is 3. The fraction of sp³-hybridized carbons (Fsp3) is 0.640. The third kappa shape index (κ3) is 2.72. The maximum atomic E-state index is 12.4. The van der Waals surface area contributed by atoms with Gasteiger partial charge in [-0.15, -0.1) is 0 Å². The molecule has 0 radical (unpaired) electrons. The standard InChI is InChI=1S/C25H32N2O6/c1-12-6-7-19-23(3,4)21(32-13(2)28)17(27-31)10-25(19)24(12,5)9-15-18(29)8-14-16(20(15)33-25)11-26-22(14)30/h8,12,19,21,29,31H,6-7,9-11H2,1-5H3,(H,26,30)/t12-,19-,21+,24+,25-/m0/s1. The van der Waals surface area contributed by atoms with Crippen molar-refractivity contribution >= 4 is 17.6 Å². The largest absolute Gasteiger partial charge is 0.508 e. The van der Waals surface area contributed by atoms with E-state index in [-0.39, 0.29) is 28.9 Å². The van der Waals surface area contributed by atoms with E-state index in [1.54, 1.807) is 6.07 Å². The number of phenolic OH excluding ortho intramolecular Hbond substituents is 1. The Bertz CT molecular complexity index is 1090. The molecule has 1 aromatic carbocycles. The van der Waals surface area contributed by atoms with E-state index >= 15 is 0 Å². The van der Waals surface area contributed by atoms with Gasteiger partial charge in [-0.25, -0.2) is 0 Å². The molecule has 5 rings (SSSR count). The zero-order valence-corrected chi connectivity index (χ0v) is 19.8. The Morgan fingerprint density at radius 3 is 2.64 bits per heavy atom. The van der Waals surface area contributed by atoms with E-state index in [0.717, 1.165) is 24.0 Å². The second-order valence-electron chi connectivity index (χ2n) is 11.1. The molecule has 1 amide bonds. The number of carbonyl (C=O) groups excluding carboxylic acids is 2. The quantitative estimate of drug-likeness (QED) is 0.338. The molecule has 5 atom stereocenters. The first-order chi connectivity index (χ1) is 15.5. The molecule has 33 heavy (non-hydrogen) atoms. The maximum absolute atomic E-state index is 12.4. The first-order valence-corrected chi connectivity index (χ1v) is 11.7. The number of oxime groups is 1. The van der Waals surface area contributed by atoms with Gasteiger partial charge in [0.15, 0.2) is 0 Å². The van der Waals surface area contributed by atoms with Crippen LogP contribution in [0.2, 0.25) is 0 Å². The summed E-state index contributed by atoms with van der Waals surface area (Å²) in [6.45, 7) is 10.2. The fourth-order valence-corrected chi connectivity index (χ4v) is 7.29. The molecule has 2 saturated carbocycles. The zero-order valence-electron chi connectivity index (χ0n) is 19.8. The summed E-state index contributed by atoms with van der Waals surface area (Å²) in [4.78, 5) is 24.3. The van der Waals surface area contributed by atoms with Crippen LogP contribution in [0.3, 0.4) is 0 Å². The van der Waals surface area contributed by atoms with Gasteiger partial charge in [0, 0.05) is 47.8 Å². The zero-order chi connectivity index (χ0) is 23.9. The molecule has 2 heterocycles. The minimum Gasteiger partial charge on any atom is -0.508 e. The lowest BCUT2D eigenvalue weighted by Crippen LogP contribution is -2.72. The van der Waals surface area contributed by atoms with Crippen molar-refractivity contribution < 1.29 is 29.4 Å². The highest BCUT2D eigenvalue weighted by Crippen LogP contribution is 2.66. The Hall–Kier alpha value is -2.77. The SMILES string of the molecule is CC(=O)O[C@@H]1C(=NO)C[C@@]23Oc4c(c(O)cc5c4CNC5=O)C[C@]2(C)[C@@H](C)CC[C@H]3C1(C)C. The highest BCUT2D eigenvalue weighted by molar-refractivity contribution is 6.00. The van der Waals surface area contributed by atoms with Gasteiger partial charge in [0.25, 0.3) is 5.91 Å². The van der Waals surface area contributed by atoms with E-state index in [0.29, 0.717) is 36.4 Å². The number of fused-ring (bicyclic) bond motifs is 3. The highest BCUT2D eigenvalue weighted by Gasteiger charge is 2.70. The second kappa shape index (κ2) is 6.87. The van der Waals surface area contributed by atoms with Crippen molar-refractivity contribution in [3.05, 3.63) is 22.8 Å². The lowest BCUT2D eigenvalue weighted by molar-refractivity contribution is -0.212. The molecule has 0 bridgehead atoms. The van der Waals surface area contributed by atoms with Crippen LogP contribution in [0.15, 0.2) is 11.2 Å². The van der Waals surface area contributed by atoms with Crippen molar-refractivity contribution in [3.8, 4) is 11.5 Å². The van der Waals surface area contributed by atoms with E-state index in [9.17, 15) is 19.9 Å². The summed E-state index contributed by atoms with van der Waals surface area (Å²) in [5.41, 5.74) is 0.651. The van der Waals surface area contributed by atoms with Crippen LogP contribution >= 0.6 is 0 Å². The minimum atomic E-state index is -0.743. The van der Waals surface area contributed by atoms with Gasteiger partial charge in [-0.05, 0) is 31.2 Å². The number of aromatic hydroxyl groups is 1. The van der Waals surface area contributed by atoms with Gasteiger partial charge in [-0.2, -0.15) is 0 Å². The molecule has 8 nitrogen and oxygen atoms in total. The van der Waals surface area contributed by atoms with Gasteiger partial charge in [0.05, 0.1) is 5.56 Å². The van der Waals surface area contributed by atoms with Crippen LogP contribution in [0.25, 0.3) is 0 Å². The number of amides is 1. The van der Waals surface area contributed by atoms with Crippen LogP contribution in [-0.2, 0) is 22.5 Å². The van der Waals surface area contributed by atoms with Crippen molar-refractivity contribution in [1.29, 1.82) is 0 Å². The molecule has 1 aromatic rings. The second-order valence-corrected chi connectivity index (χ2v) is 11.1. The van der Waals surface area contributed by atoms with E-state index in [4.69, 9.17) is 9.47 Å². The fourth-order valence-electron chi connectivity index (χ4n) is 7.29. The molecule has 3 N–H and O–H groups in total. The number of nitrogens with zero attached hydrogens (tertiary/aromatic N) is 1. The summed E-state index contributed by atoms with van der Waals surface area (Å²) in [7, 11) is 0. The Morgan fingerprint density at radius 2 is 1.97 bits per heavy atom. The van der Waals surface area contributed by atoms with Crippen molar-refractivity contribution in [1.82, 2.24) is 5.32 Å². The molecule has 1 spiro atoms. The third-order valence-electron chi connectivity index (χ3n) is 9.20. The topological polar surface area (TPSA) is 117 Å². The van der Waals surface area contributed by atoms with Crippen LogP contribution in [0.4, 0.5) is 0 Å². The molecule has 0 unspecified atom stereocenters. The smallest absolute Gasteiger partial charge is 0.303 e. The van der Waals surface area contributed by atoms with Gasteiger partial charge in [-0.3, -0.25) is 9.59 Å². The molecule has 0 saturated heterocycles. The Labute approximate surface area is 193 Å². The first-order valence-electron chi connectivity index (χ1n) is 11.7. The average Bonchev–Trinajstić information content (AvgIpc) is 3.10. The van der Waals surface area contributed by atoms with Crippen LogP contribution in [0, 0.1) is 22.7 Å². The van der Waals surface area contributed by atoms with Crippen LogP contribution in [0.5, 0.6) is 11.5 Å². The summed E-state index contributed by atoms with van der Waals surface area (Å²) in [5.74, 6) is 0.281. The lowest BCUT2D eigenvalue weighted by atomic mass is 9.43. The predicted octanol–water partition coefficient (Wildman–Crippen LogP) is 3.55. The average molecular weight is 457 g/mol. The number of nitrogens with one attached hydrogen (secondary N) is 1. The Kier molecular flexibility index (Phi) is 4.59. The number of phenols is 1. The number of esters is 1. The third-order valence-corrected chi connectivity index (χ3v) is 9.20. The van der Waals surface area contributed by atoms with Crippen molar-refractivity contribution in [2.45, 2.75) is 78.6 Å². The number of hydrogen-bond acceptors (Lipinski definition) is 7. The lowest BCUT2D eigenvalue weighted by Gasteiger charge is -2.66. The summed E-state index contributed by atoms with van der Waals surface area (Å²) in [5, 5.41) is 27.3. The van der Waals surface area contributed by atoms with Crippen LogP contribution < -0.4 is 10.1 Å². The van der Waals surface area contributed by atoms with Crippen molar-refractivity contribution in [2.24, 2.45) is 27.8 Å². The van der Waals surface area contributed by atoms with E-state index < -0.39 is 23.1 Å². The summed E-state index contributed by atoms with van der Waals surface area (Å²) in [6.07, 6.45) is 2.07. The van der Waals surface area contributed by atoms with Gasteiger partial charge < -0.3 is 25.1 Å². The monoisotopic (exact) mass is 456 g/mol. The van der Waals surface area contributed by atoms with Gasteiger partial charge in [0.1, 0.15) is 28.9 Å². The predicted molar refractivity (Wildman–Crippen MR) is 120 cm³/mol. The summed E-state index contributed by atoms with van der Waals surface area (Å²) >= 11 is 0. The van der Waals surface area contributed by atoms with Crippen LogP contribution in [0.1, 0.15) is 75.4 Å². The van der Waals surface area contributed by atoms with E-state index in [2.05, 4.69) is 24.3 Å². The molecule has 8 heteroatoms. The molecule has 0 aromatic heterocycles. The maximum Gasteiger partial charge on any atom is 0.303 e. The van der Waals surface area contributed by atoms with E-state index in [1.165, 1.54) is 6.92 Å². The van der Waals surface area contributed by atoms with Gasteiger partial charge >= 0.3 is 5.97 Å². The van der Waals surface area contributed by atoms with Gasteiger partial charge in [-0.1, -0.05) is 32.9 Å². The normalized spacial score (nSPS) is 37.2. The molecule has 2 fully saturated rings. The molecule has 2 aliphatic heterocycles. The summed E-state index contributed by atoms with van der Waals surface area (Å²) < 4.78 is 12.7. The number of ether oxygens (including phenoxy) is 2. The Balaban J connectivity index is 1.73. The van der Waals surface area contributed by atoms with Crippen LogP contribution in [-0.4, -0.2) is 39.6 Å². The summed E-state index contributed by atoms with van der Waals surface area (Å²) in [6, 6.07) is 1.55. The molecule has 2 aliphatic carbocycles. The number of carbonyl (C=O) groups is 2. The highest BCUT2D eigenvalue weighted by atomic mass is 16.5. The first kappa shape index (κ1) is 22.0. The van der Waals surface area contributed by atoms with Crippen molar-refractivity contribution in [2.75, 3.05) is 0 Å². The molecular formula is C25H32N2O6. The molecule has 178 valence electrons. The Morgan fingerprint density at radius 1 is 1.24 bits per heavy atom. The number of rotatable bonds is 1. The van der Waals surface area contributed by atoms with Crippen molar-refractivity contribution in [3.63, 3.8) is 0 Å². The molecular weight excluding hydrogens is 424 g/mol.